The average Bonchev–Trinajstić information content (AvgIpc) is 2.76. The third-order valence-electron chi connectivity index (χ3n) is 4.75. The molecule has 0 bridgehead atoms. The summed E-state index contributed by atoms with van der Waals surface area (Å²) in [6.45, 7) is 3.91. The van der Waals surface area contributed by atoms with Gasteiger partial charge in [0.15, 0.2) is 0 Å². The van der Waals surface area contributed by atoms with Gasteiger partial charge in [0.25, 0.3) is 11.8 Å². The van der Waals surface area contributed by atoms with Crippen molar-refractivity contribution in [2.24, 2.45) is 0 Å². The van der Waals surface area contributed by atoms with Crippen LogP contribution in [0.4, 0.5) is 11.4 Å². The van der Waals surface area contributed by atoms with Crippen LogP contribution in [0, 0.1) is 0 Å². The molecular formula is C23H18N2O4. The number of ether oxygens (including phenoxy) is 1. The summed E-state index contributed by atoms with van der Waals surface area (Å²) in [4.78, 5) is 38.6. The molecule has 1 aliphatic rings. The van der Waals surface area contributed by atoms with Crippen LogP contribution in [0.1, 0.15) is 20.7 Å². The van der Waals surface area contributed by atoms with Crippen LogP contribution in [0.15, 0.2) is 73.3 Å². The van der Waals surface area contributed by atoms with E-state index in [9.17, 15) is 14.4 Å². The molecule has 0 unspecified atom stereocenters. The van der Waals surface area contributed by atoms with Crippen LogP contribution >= 0.6 is 0 Å². The van der Waals surface area contributed by atoms with Crippen LogP contribution in [0.5, 0.6) is 0 Å². The van der Waals surface area contributed by atoms with E-state index in [2.05, 4.69) is 11.9 Å². The standard InChI is InChI=1S/C23H18N2O4/c1-2-20(26)29-14-13-24-19-12-11-18-21-16(19)9-6-10-17(21)22(27)25(23(18)28)15-7-4-3-5-8-15/h2-12,24H,1,13-14H2. The Morgan fingerprint density at radius 1 is 0.966 bits per heavy atom. The van der Waals surface area contributed by atoms with E-state index in [4.69, 9.17) is 4.74 Å². The second-order valence-corrected chi connectivity index (χ2v) is 6.47. The number of hydrogen-bond donors (Lipinski definition) is 1. The van der Waals surface area contributed by atoms with E-state index in [1.54, 1.807) is 48.5 Å². The van der Waals surface area contributed by atoms with E-state index in [1.807, 2.05) is 12.1 Å². The first-order valence-corrected chi connectivity index (χ1v) is 9.14. The Kier molecular flexibility index (Phi) is 4.83. The third-order valence-corrected chi connectivity index (χ3v) is 4.75. The molecule has 0 aromatic heterocycles. The Morgan fingerprint density at radius 3 is 2.41 bits per heavy atom. The summed E-state index contributed by atoms with van der Waals surface area (Å²) in [5.74, 6) is -1.19. The normalized spacial score (nSPS) is 12.8. The van der Waals surface area contributed by atoms with Crippen molar-refractivity contribution in [2.75, 3.05) is 23.4 Å². The topological polar surface area (TPSA) is 75.7 Å². The monoisotopic (exact) mass is 386 g/mol. The van der Waals surface area contributed by atoms with Gasteiger partial charge in [-0.05, 0) is 30.3 Å². The first kappa shape index (κ1) is 18.4. The van der Waals surface area contributed by atoms with E-state index >= 15 is 0 Å². The van der Waals surface area contributed by atoms with Crippen LogP contribution < -0.4 is 10.2 Å². The quantitative estimate of drug-likeness (QED) is 0.302. The molecule has 144 valence electrons. The maximum atomic E-state index is 13.1. The number of amides is 2. The van der Waals surface area contributed by atoms with Gasteiger partial charge in [-0.15, -0.1) is 0 Å². The Hall–Kier alpha value is -3.93. The van der Waals surface area contributed by atoms with E-state index < -0.39 is 5.97 Å². The molecule has 1 N–H and O–H groups in total. The molecular weight excluding hydrogens is 368 g/mol. The minimum absolute atomic E-state index is 0.174. The second-order valence-electron chi connectivity index (χ2n) is 6.47. The van der Waals surface area contributed by atoms with Crippen molar-refractivity contribution in [1.82, 2.24) is 0 Å². The Balaban J connectivity index is 1.70. The van der Waals surface area contributed by atoms with Gasteiger partial charge in [-0.25, -0.2) is 9.69 Å². The fraction of sp³-hybridized carbons (Fsp3) is 0.0870. The van der Waals surface area contributed by atoms with E-state index in [-0.39, 0.29) is 18.4 Å². The lowest BCUT2D eigenvalue weighted by Gasteiger charge is -2.28. The molecule has 0 radical (unpaired) electrons. The number of rotatable bonds is 6. The largest absolute Gasteiger partial charge is 0.461 e. The van der Waals surface area contributed by atoms with Gasteiger partial charge in [0.05, 0.1) is 5.69 Å². The number of para-hydroxylation sites is 1. The highest BCUT2D eigenvalue weighted by atomic mass is 16.5. The first-order chi connectivity index (χ1) is 14.1. The van der Waals surface area contributed by atoms with Crippen molar-refractivity contribution in [3.8, 4) is 0 Å². The van der Waals surface area contributed by atoms with Gasteiger partial charge in [0.2, 0.25) is 0 Å². The number of anilines is 2. The van der Waals surface area contributed by atoms with Crippen molar-refractivity contribution in [3.05, 3.63) is 84.4 Å². The van der Waals surface area contributed by atoms with Gasteiger partial charge >= 0.3 is 5.97 Å². The maximum Gasteiger partial charge on any atom is 0.330 e. The molecule has 0 aliphatic carbocycles. The summed E-state index contributed by atoms with van der Waals surface area (Å²) in [7, 11) is 0. The molecule has 29 heavy (non-hydrogen) atoms. The zero-order valence-corrected chi connectivity index (χ0v) is 15.6. The Morgan fingerprint density at radius 2 is 1.69 bits per heavy atom. The number of esters is 1. The number of nitrogens with zero attached hydrogens (tertiary/aromatic N) is 1. The highest BCUT2D eigenvalue weighted by Crippen LogP contribution is 2.36. The van der Waals surface area contributed by atoms with Crippen LogP contribution in [0.3, 0.4) is 0 Å². The van der Waals surface area contributed by atoms with Crippen molar-refractivity contribution >= 4 is 39.9 Å². The highest BCUT2D eigenvalue weighted by Gasteiger charge is 2.34. The van der Waals surface area contributed by atoms with Crippen LogP contribution in [0.2, 0.25) is 0 Å². The lowest BCUT2D eigenvalue weighted by molar-refractivity contribution is -0.137. The lowest BCUT2D eigenvalue weighted by Crippen LogP contribution is -2.40. The van der Waals surface area contributed by atoms with Gasteiger partial charge in [0.1, 0.15) is 6.61 Å². The van der Waals surface area contributed by atoms with Crippen LogP contribution in [0.25, 0.3) is 10.8 Å². The fourth-order valence-electron chi connectivity index (χ4n) is 3.46. The average molecular weight is 386 g/mol. The molecule has 4 rings (SSSR count). The van der Waals surface area contributed by atoms with E-state index in [0.29, 0.717) is 28.7 Å². The van der Waals surface area contributed by atoms with Gasteiger partial charge in [0, 0.05) is 40.2 Å². The van der Waals surface area contributed by atoms with Gasteiger partial charge < -0.3 is 10.1 Å². The van der Waals surface area contributed by atoms with Gasteiger partial charge in [-0.1, -0.05) is 36.9 Å². The third kappa shape index (κ3) is 3.25. The summed E-state index contributed by atoms with van der Waals surface area (Å²) in [5.41, 5.74) is 2.25. The molecule has 0 saturated heterocycles. The Bertz CT molecular complexity index is 1120. The molecule has 3 aromatic rings. The molecule has 2 amide bonds. The highest BCUT2D eigenvalue weighted by molar-refractivity contribution is 6.36. The van der Waals surface area contributed by atoms with Crippen molar-refractivity contribution in [2.45, 2.75) is 0 Å². The smallest absolute Gasteiger partial charge is 0.330 e. The Labute approximate surface area is 167 Å². The number of carbonyl (C=O) groups is 3. The molecule has 0 saturated carbocycles. The van der Waals surface area contributed by atoms with Crippen molar-refractivity contribution in [1.29, 1.82) is 0 Å². The van der Waals surface area contributed by atoms with E-state index in [1.165, 1.54) is 4.90 Å². The molecule has 1 heterocycles. The zero-order chi connectivity index (χ0) is 20.4. The predicted molar refractivity (Wildman–Crippen MR) is 111 cm³/mol. The van der Waals surface area contributed by atoms with Gasteiger partial charge in [-0.2, -0.15) is 0 Å². The SMILES string of the molecule is C=CC(=O)OCCNc1ccc2c3c(cccc13)C(=O)N(c1ccccc1)C2=O. The number of benzene rings is 3. The van der Waals surface area contributed by atoms with Crippen molar-refractivity contribution < 1.29 is 19.1 Å². The molecule has 6 nitrogen and oxygen atoms in total. The van der Waals surface area contributed by atoms with Gasteiger partial charge in [-0.3, -0.25) is 9.59 Å². The predicted octanol–water partition coefficient (Wildman–Crippen LogP) is 3.78. The summed E-state index contributed by atoms with van der Waals surface area (Å²) in [5, 5.41) is 4.59. The fourth-order valence-corrected chi connectivity index (χ4v) is 3.46. The summed E-state index contributed by atoms with van der Waals surface area (Å²) in [6.07, 6.45) is 1.11. The zero-order valence-electron chi connectivity index (χ0n) is 15.6. The summed E-state index contributed by atoms with van der Waals surface area (Å²) >= 11 is 0. The minimum atomic E-state index is -0.485. The first-order valence-electron chi connectivity index (χ1n) is 9.14. The molecule has 0 spiro atoms. The van der Waals surface area contributed by atoms with Crippen LogP contribution in [-0.4, -0.2) is 30.9 Å². The minimum Gasteiger partial charge on any atom is -0.461 e. The number of hydrogen-bond acceptors (Lipinski definition) is 5. The molecule has 0 atom stereocenters. The molecule has 3 aromatic carbocycles. The molecule has 6 heteroatoms. The number of imide groups is 1. The summed E-state index contributed by atoms with van der Waals surface area (Å²) < 4.78 is 4.97. The van der Waals surface area contributed by atoms with Crippen molar-refractivity contribution in [3.63, 3.8) is 0 Å². The number of nitrogens with one attached hydrogen (secondary N) is 1. The summed E-state index contributed by atoms with van der Waals surface area (Å²) in [6, 6.07) is 17.8. The molecule has 0 fully saturated rings. The van der Waals surface area contributed by atoms with Crippen LogP contribution in [-0.2, 0) is 9.53 Å². The number of carbonyl (C=O) groups excluding carboxylic acids is 3. The maximum absolute atomic E-state index is 13.1. The lowest BCUT2D eigenvalue weighted by atomic mass is 9.92. The molecule has 1 aliphatic heterocycles. The van der Waals surface area contributed by atoms with E-state index in [0.717, 1.165) is 17.1 Å². The second kappa shape index (κ2) is 7.59.